The van der Waals surface area contributed by atoms with Gasteiger partial charge in [-0.2, -0.15) is 0 Å². The second-order valence-electron chi connectivity index (χ2n) is 6.25. The van der Waals surface area contributed by atoms with E-state index in [1.54, 1.807) is 20.8 Å². The molecule has 0 aliphatic carbocycles. The van der Waals surface area contributed by atoms with Gasteiger partial charge >= 0.3 is 5.97 Å². The zero-order valence-corrected chi connectivity index (χ0v) is 12.6. The lowest BCUT2D eigenvalue weighted by Gasteiger charge is -2.24. The van der Waals surface area contributed by atoms with Gasteiger partial charge in [-0.05, 0) is 48.0 Å². The molecule has 0 aromatic carbocycles. The lowest BCUT2D eigenvalue weighted by molar-refractivity contribution is -0.151. The number of carbonyl (C=O) groups excluding carboxylic acids is 1. The van der Waals surface area contributed by atoms with E-state index in [4.69, 9.17) is 9.47 Å². The van der Waals surface area contributed by atoms with Crippen molar-refractivity contribution in [2.24, 2.45) is 0 Å². The quantitative estimate of drug-likeness (QED) is 0.474. The summed E-state index contributed by atoms with van der Waals surface area (Å²) in [6.07, 6.45) is 1.16. The fourth-order valence-electron chi connectivity index (χ4n) is 1.24. The van der Waals surface area contributed by atoms with Crippen molar-refractivity contribution in [1.29, 1.82) is 0 Å². The molecule has 0 atom stereocenters. The van der Waals surface area contributed by atoms with E-state index in [0.29, 0.717) is 6.42 Å². The van der Waals surface area contributed by atoms with Crippen LogP contribution in [0.15, 0.2) is 11.5 Å². The molecule has 18 heavy (non-hydrogen) atoms. The molecular weight excluding hydrogens is 232 g/mol. The van der Waals surface area contributed by atoms with E-state index >= 15 is 0 Å². The van der Waals surface area contributed by atoms with E-state index in [0.717, 1.165) is 6.42 Å². The van der Waals surface area contributed by atoms with Gasteiger partial charge in [0.25, 0.3) is 5.95 Å². The van der Waals surface area contributed by atoms with Gasteiger partial charge in [0, 0.05) is 0 Å². The second-order valence-corrected chi connectivity index (χ2v) is 6.25. The normalized spacial score (nSPS) is 13.9. The lowest BCUT2D eigenvalue weighted by atomic mass is 10.1. The van der Waals surface area contributed by atoms with E-state index in [-0.39, 0.29) is 11.5 Å². The molecule has 0 saturated carbocycles. The summed E-state index contributed by atoms with van der Waals surface area (Å²) in [5.41, 5.74) is -0.939. The first kappa shape index (κ1) is 16.8. The third-order valence-corrected chi connectivity index (χ3v) is 1.81. The number of aliphatic hydroxyl groups excluding tert-OH is 1. The molecule has 4 nitrogen and oxygen atoms in total. The summed E-state index contributed by atoms with van der Waals surface area (Å²) in [6, 6.07) is 0. The fraction of sp³-hybridized carbons (Fsp3) is 0.786. The molecule has 0 aliphatic heterocycles. The number of hydrogen-bond acceptors (Lipinski definition) is 4. The summed E-state index contributed by atoms with van der Waals surface area (Å²) in [7, 11) is 0. The Balaban J connectivity index is 5.05. The van der Waals surface area contributed by atoms with Gasteiger partial charge in [0.1, 0.15) is 16.8 Å². The van der Waals surface area contributed by atoms with Crippen LogP contribution in [0.1, 0.15) is 61.3 Å². The maximum Gasteiger partial charge on any atom is 0.341 e. The maximum absolute atomic E-state index is 12.0. The minimum atomic E-state index is -0.585. The average molecular weight is 258 g/mol. The Labute approximate surface area is 110 Å². The van der Waals surface area contributed by atoms with Gasteiger partial charge in [-0.3, -0.25) is 0 Å². The van der Waals surface area contributed by atoms with Crippen molar-refractivity contribution in [3.8, 4) is 0 Å². The number of carbonyl (C=O) groups is 1. The second kappa shape index (κ2) is 6.12. The molecule has 0 rings (SSSR count). The summed E-state index contributed by atoms with van der Waals surface area (Å²) in [5, 5.41) is 9.90. The third kappa shape index (κ3) is 7.20. The largest absolute Gasteiger partial charge is 0.481 e. The molecule has 0 saturated heterocycles. The van der Waals surface area contributed by atoms with E-state index in [2.05, 4.69) is 0 Å². The van der Waals surface area contributed by atoms with E-state index in [1.807, 2.05) is 27.7 Å². The van der Waals surface area contributed by atoms with Crippen molar-refractivity contribution in [1.82, 2.24) is 0 Å². The van der Waals surface area contributed by atoms with Gasteiger partial charge in [0.15, 0.2) is 0 Å². The zero-order chi connectivity index (χ0) is 14.6. The number of rotatable bonds is 4. The molecule has 0 aromatic rings. The van der Waals surface area contributed by atoms with E-state index in [9.17, 15) is 9.90 Å². The van der Waals surface area contributed by atoms with Crippen LogP contribution in [0.5, 0.6) is 0 Å². The molecule has 1 N–H and O–H groups in total. The first-order valence-electron chi connectivity index (χ1n) is 6.30. The zero-order valence-electron chi connectivity index (χ0n) is 12.6. The molecule has 0 bridgehead atoms. The van der Waals surface area contributed by atoms with Crippen LogP contribution < -0.4 is 0 Å². The molecule has 0 unspecified atom stereocenters. The van der Waals surface area contributed by atoms with Crippen LogP contribution in [-0.2, 0) is 14.3 Å². The summed E-state index contributed by atoms with van der Waals surface area (Å²) < 4.78 is 10.6. The Morgan fingerprint density at radius 3 is 1.78 bits per heavy atom. The third-order valence-electron chi connectivity index (χ3n) is 1.81. The van der Waals surface area contributed by atoms with Crippen LogP contribution in [0.25, 0.3) is 0 Å². The fourth-order valence-corrected chi connectivity index (χ4v) is 1.24. The molecule has 0 heterocycles. The smallest absolute Gasteiger partial charge is 0.341 e. The molecule has 4 heteroatoms. The minimum Gasteiger partial charge on any atom is -0.481 e. The van der Waals surface area contributed by atoms with Gasteiger partial charge in [0.2, 0.25) is 0 Å². The van der Waals surface area contributed by atoms with Gasteiger partial charge in [-0.25, -0.2) is 4.79 Å². The molecule has 0 aliphatic rings. The van der Waals surface area contributed by atoms with Crippen LogP contribution in [-0.4, -0.2) is 22.3 Å². The highest BCUT2D eigenvalue weighted by atomic mass is 16.6. The topological polar surface area (TPSA) is 55.8 Å². The van der Waals surface area contributed by atoms with Crippen molar-refractivity contribution in [3.63, 3.8) is 0 Å². The summed E-state index contributed by atoms with van der Waals surface area (Å²) in [6.45, 7) is 12.7. The van der Waals surface area contributed by atoms with Crippen LogP contribution in [0.2, 0.25) is 0 Å². The Morgan fingerprint density at radius 2 is 1.44 bits per heavy atom. The van der Waals surface area contributed by atoms with Gasteiger partial charge < -0.3 is 14.6 Å². The highest BCUT2D eigenvalue weighted by molar-refractivity contribution is 5.88. The number of esters is 1. The van der Waals surface area contributed by atoms with Crippen molar-refractivity contribution in [2.75, 3.05) is 0 Å². The molecule has 0 spiro atoms. The van der Waals surface area contributed by atoms with Crippen LogP contribution in [0, 0.1) is 0 Å². The van der Waals surface area contributed by atoms with Crippen molar-refractivity contribution in [2.45, 2.75) is 72.5 Å². The Bertz CT molecular complexity index is 316. The highest BCUT2D eigenvalue weighted by Crippen LogP contribution is 2.21. The predicted octanol–water partition coefficient (Wildman–Crippen LogP) is 3.71. The molecule has 0 radical (unpaired) electrons. The summed E-state index contributed by atoms with van der Waals surface area (Å²) in [5.74, 6) is -0.857. The van der Waals surface area contributed by atoms with E-state index < -0.39 is 17.2 Å². The van der Waals surface area contributed by atoms with Gasteiger partial charge in [0.05, 0.1) is 0 Å². The number of ether oxygens (including phenoxy) is 2. The molecule has 0 amide bonds. The Hall–Kier alpha value is -1.19. The SMILES string of the molecule is CCC/C(C(=O)OC(C)(C)C)=C(/O)OC(C)(C)C. The van der Waals surface area contributed by atoms with Crippen LogP contribution in [0.3, 0.4) is 0 Å². The van der Waals surface area contributed by atoms with Crippen molar-refractivity contribution < 1.29 is 19.4 Å². The monoisotopic (exact) mass is 258 g/mol. The molecule has 106 valence electrons. The summed E-state index contributed by atoms with van der Waals surface area (Å²) in [4.78, 5) is 12.0. The van der Waals surface area contributed by atoms with Crippen LogP contribution >= 0.6 is 0 Å². The maximum atomic E-state index is 12.0. The predicted molar refractivity (Wildman–Crippen MR) is 71.2 cm³/mol. The standard InChI is InChI=1S/C14H26O4/c1-8-9-10(11(15)17-13(2,3)4)12(16)18-14(5,6)7/h15H,8-9H2,1-7H3/b11-10+. The van der Waals surface area contributed by atoms with E-state index in [1.165, 1.54) is 0 Å². The van der Waals surface area contributed by atoms with Crippen molar-refractivity contribution in [3.05, 3.63) is 11.5 Å². The summed E-state index contributed by atoms with van der Waals surface area (Å²) >= 11 is 0. The molecule has 0 aromatic heterocycles. The Kier molecular flexibility index (Phi) is 5.71. The number of hydrogen-bond donors (Lipinski definition) is 1. The van der Waals surface area contributed by atoms with Crippen molar-refractivity contribution >= 4 is 5.97 Å². The first-order valence-corrected chi connectivity index (χ1v) is 6.30. The molecular formula is C14H26O4. The molecule has 0 fully saturated rings. The minimum absolute atomic E-state index is 0.197. The van der Waals surface area contributed by atoms with Gasteiger partial charge in [-0.15, -0.1) is 0 Å². The number of aliphatic hydroxyl groups is 1. The first-order chi connectivity index (χ1) is 7.96. The van der Waals surface area contributed by atoms with Gasteiger partial charge in [-0.1, -0.05) is 13.3 Å². The lowest BCUT2D eigenvalue weighted by Crippen LogP contribution is -2.27. The Morgan fingerprint density at radius 1 is 1.00 bits per heavy atom. The highest BCUT2D eigenvalue weighted by Gasteiger charge is 2.25. The van der Waals surface area contributed by atoms with Crippen LogP contribution in [0.4, 0.5) is 0 Å². The average Bonchev–Trinajstić information content (AvgIpc) is 2.07.